The molecule has 3 nitrogen and oxygen atoms in total. The summed E-state index contributed by atoms with van der Waals surface area (Å²) in [7, 11) is 0.671. The molecule has 0 N–H and O–H groups in total. The standard InChI is InChI=1S/C15H20BF3O3/c1-13(2)14(3,4)22-16(21-13)11-6-7-12(15(17,18)19)10(8-11)9-20-5/h6-8H,9H2,1-5H3. The highest BCUT2D eigenvalue weighted by atomic mass is 19.4. The highest BCUT2D eigenvalue weighted by molar-refractivity contribution is 6.62. The Labute approximate surface area is 128 Å². The number of halogens is 3. The van der Waals surface area contributed by atoms with E-state index in [1.54, 1.807) is 0 Å². The molecular formula is C15H20BF3O3. The Kier molecular flexibility index (Phi) is 4.36. The van der Waals surface area contributed by atoms with Crippen molar-refractivity contribution < 1.29 is 27.2 Å². The molecule has 1 saturated heterocycles. The van der Waals surface area contributed by atoms with Crippen molar-refractivity contribution in [2.75, 3.05) is 7.11 Å². The second-order valence-electron chi connectivity index (χ2n) is 6.44. The average Bonchev–Trinajstić information content (AvgIpc) is 2.57. The lowest BCUT2D eigenvalue weighted by molar-refractivity contribution is -0.138. The van der Waals surface area contributed by atoms with Crippen LogP contribution in [0.4, 0.5) is 13.2 Å². The molecule has 1 aromatic carbocycles. The largest absolute Gasteiger partial charge is 0.494 e. The van der Waals surface area contributed by atoms with Crippen LogP contribution in [0.1, 0.15) is 38.8 Å². The Morgan fingerprint density at radius 3 is 2.09 bits per heavy atom. The fourth-order valence-electron chi connectivity index (χ4n) is 2.29. The molecule has 22 heavy (non-hydrogen) atoms. The molecule has 0 radical (unpaired) electrons. The summed E-state index contributed by atoms with van der Waals surface area (Å²) in [5.74, 6) is 0. The molecule has 0 saturated carbocycles. The molecule has 7 heteroatoms. The summed E-state index contributed by atoms with van der Waals surface area (Å²) in [6.07, 6.45) is -4.41. The van der Waals surface area contributed by atoms with E-state index < -0.39 is 30.1 Å². The lowest BCUT2D eigenvalue weighted by Crippen LogP contribution is -2.41. The molecule has 1 fully saturated rings. The molecule has 0 atom stereocenters. The van der Waals surface area contributed by atoms with Crippen LogP contribution in [0.5, 0.6) is 0 Å². The third-order valence-corrected chi connectivity index (χ3v) is 4.26. The van der Waals surface area contributed by atoms with Gasteiger partial charge in [0.2, 0.25) is 0 Å². The van der Waals surface area contributed by atoms with Gasteiger partial charge in [0.05, 0.1) is 23.4 Å². The maximum Gasteiger partial charge on any atom is 0.494 e. The molecule has 1 heterocycles. The van der Waals surface area contributed by atoms with Crippen molar-refractivity contribution in [1.29, 1.82) is 0 Å². The van der Waals surface area contributed by atoms with Crippen molar-refractivity contribution in [2.45, 2.75) is 51.7 Å². The van der Waals surface area contributed by atoms with Gasteiger partial charge in [-0.1, -0.05) is 12.1 Å². The van der Waals surface area contributed by atoms with E-state index in [-0.39, 0.29) is 12.2 Å². The average molecular weight is 316 g/mol. The van der Waals surface area contributed by atoms with Crippen LogP contribution in [0, 0.1) is 0 Å². The van der Waals surface area contributed by atoms with Crippen LogP contribution in [-0.2, 0) is 26.8 Å². The van der Waals surface area contributed by atoms with E-state index in [0.717, 1.165) is 6.07 Å². The van der Waals surface area contributed by atoms with Crippen molar-refractivity contribution >= 4 is 12.6 Å². The second kappa shape index (κ2) is 5.55. The maximum absolute atomic E-state index is 13.0. The molecule has 122 valence electrons. The lowest BCUT2D eigenvalue weighted by Gasteiger charge is -2.32. The van der Waals surface area contributed by atoms with Gasteiger partial charge in [0.1, 0.15) is 0 Å². The Morgan fingerprint density at radius 2 is 1.64 bits per heavy atom. The van der Waals surface area contributed by atoms with Crippen molar-refractivity contribution in [3.63, 3.8) is 0 Å². The van der Waals surface area contributed by atoms with Gasteiger partial charge in [0.25, 0.3) is 0 Å². The second-order valence-corrected chi connectivity index (χ2v) is 6.44. The van der Waals surface area contributed by atoms with Crippen LogP contribution in [0.25, 0.3) is 0 Å². The first-order valence-corrected chi connectivity index (χ1v) is 7.02. The molecule has 0 bridgehead atoms. The Hall–Kier alpha value is -1.05. The number of benzene rings is 1. The molecule has 0 aliphatic carbocycles. The summed E-state index contributed by atoms with van der Waals surface area (Å²) in [5.41, 5.74) is -1.15. The molecular weight excluding hydrogens is 296 g/mol. The van der Waals surface area contributed by atoms with Crippen molar-refractivity contribution in [3.05, 3.63) is 29.3 Å². The number of ether oxygens (including phenoxy) is 1. The summed E-state index contributed by atoms with van der Waals surface area (Å²) in [4.78, 5) is 0. The van der Waals surface area contributed by atoms with Crippen molar-refractivity contribution in [3.8, 4) is 0 Å². The van der Waals surface area contributed by atoms with Gasteiger partial charge < -0.3 is 14.0 Å². The van der Waals surface area contributed by atoms with Gasteiger partial charge in [0, 0.05) is 7.11 Å². The molecule has 1 aliphatic rings. The topological polar surface area (TPSA) is 27.7 Å². The molecule has 0 aromatic heterocycles. The minimum Gasteiger partial charge on any atom is -0.399 e. The van der Waals surface area contributed by atoms with Gasteiger partial charge in [-0.3, -0.25) is 0 Å². The van der Waals surface area contributed by atoms with Gasteiger partial charge in [-0.25, -0.2) is 0 Å². The fraction of sp³-hybridized carbons (Fsp3) is 0.600. The third kappa shape index (κ3) is 3.16. The van der Waals surface area contributed by atoms with Gasteiger partial charge in [-0.05, 0) is 44.8 Å². The fourth-order valence-corrected chi connectivity index (χ4v) is 2.29. The predicted molar refractivity (Wildman–Crippen MR) is 77.9 cm³/mol. The van der Waals surface area contributed by atoms with Crippen LogP contribution >= 0.6 is 0 Å². The quantitative estimate of drug-likeness (QED) is 0.802. The van der Waals surface area contributed by atoms with Gasteiger partial charge >= 0.3 is 13.3 Å². The van der Waals surface area contributed by atoms with Crippen molar-refractivity contribution in [1.82, 2.24) is 0 Å². The van der Waals surface area contributed by atoms with Crippen molar-refractivity contribution in [2.24, 2.45) is 0 Å². The highest BCUT2D eigenvalue weighted by Gasteiger charge is 2.51. The Morgan fingerprint density at radius 1 is 1.09 bits per heavy atom. The van der Waals surface area contributed by atoms with Crippen LogP contribution in [-0.4, -0.2) is 25.4 Å². The zero-order valence-electron chi connectivity index (χ0n) is 13.4. The minimum atomic E-state index is -4.41. The van der Waals surface area contributed by atoms with Crippen LogP contribution in [0.3, 0.4) is 0 Å². The summed E-state index contributed by atoms with van der Waals surface area (Å²) in [5, 5.41) is 0. The summed E-state index contributed by atoms with van der Waals surface area (Å²) in [6, 6.07) is 3.88. The molecule has 0 spiro atoms. The van der Waals surface area contributed by atoms with Crippen LogP contribution in [0.2, 0.25) is 0 Å². The van der Waals surface area contributed by atoms with E-state index in [4.69, 9.17) is 14.0 Å². The summed E-state index contributed by atoms with van der Waals surface area (Å²) in [6.45, 7) is 7.46. The third-order valence-electron chi connectivity index (χ3n) is 4.26. The number of hydrogen-bond donors (Lipinski definition) is 0. The van der Waals surface area contributed by atoms with E-state index in [9.17, 15) is 13.2 Å². The predicted octanol–water partition coefficient (Wildman–Crippen LogP) is 3.15. The highest BCUT2D eigenvalue weighted by Crippen LogP contribution is 2.37. The number of rotatable bonds is 3. The van der Waals surface area contributed by atoms with Gasteiger partial charge in [-0.15, -0.1) is 0 Å². The van der Waals surface area contributed by atoms with Gasteiger partial charge in [-0.2, -0.15) is 13.2 Å². The molecule has 0 amide bonds. The minimum absolute atomic E-state index is 0.0715. The Bertz CT molecular complexity index is 539. The lowest BCUT2D eigenvalue weighted by atomic mass is 9.77. The van der Waals surface area contributed by atoms with Gasteiger partial charge in [0.15, 0.2) is 0 Å². The van der Waals surface area contributed by atoms with E-state index in [1.807, 2.05) is 27.7 Å². The molecule has 1 aromatic rings. The monoisotopic (exact) mass is 316 g/mol. The normalized spacial score (nSPS) is 20.5. The first-order valence-electron chi connectivity index (χ1n) is 7.02. The summed E-state index contributed by atoms with van der Waals surface area (Å²) >= 11 is 0. The van der Waals surface area contributed by atoms with E-state index in [1.165, 1.54) is 19.2 Å². The summed E-state index contributed by atoms with van der Waals surface area (Å²) < 4.78 is 55.6. The zero-order valence-corrected chi connectivity index (χ0v) is 13.4. The maximum atomic E-state index is 13.0. The van der Waals surface area contributed by atoms with E-state index in [2.05, 4.69) is 0 Å². The number of methoxy groups -OCH3 is 1. The van der Waals surface area contributed by atoms with Crippen LogP contribution < -0.4 is 5.46 Å². The smallest absolute Gasteiger partial charge is 0.399 e. The first kappa shape index (κ1) is 17.3. The number of alkyl halides is 3. The zero-order chi connectivity index (χ0) is 16.8. The molecule has 0 unspecified atom stereocenters. The molecule has 2 rings (SSSR count). The van der Waals surface area contributed by atoms with E-state index in [0.29, 0.717) is 5.46 Å². The van der Waals surface area contributed by atoms with Crippen LogP contribution in [0.15, 0.2) is 18.2 Å². The SMILES string of the molecule is COCc1cc(B2OC(C)(C)C(C)(C)O2)ccc1C(F)(F)F. The Balaban J connectivity index is 2.36. The van der Waals surface area contributed by atoms with E-state index >= 15 is 0 Å². The first-order chi connectivity index (χ1) is 9.98. The molecule has 1 aliphatic heterocycles. The number of hydrogen-bond acceptors (Lipinski definition) is 3.